The van der Waals surface area contributed by atoms with Crippen LogP contribution in [0.5, 0.6) is 0 Å². The Labute approximate surface area is 75.9 Å². The molecule has 1 heterocycles. The minimum Gasteiger partial charge on any atom is -0.287 e. The lowest BCUT2D eigenvalue weighted by molar-refractivity contribution is 0.102. The minimum atomic E-state index is 0.00278. The van der Waals surface area contributed by atoms with Crippen molar-refractivity contribution in [2.24, 2.45) is 0 Å². The van der Waals surface area contributed by atoms with Crippen molar-refractivity contribution in [2.75, 3.05) is 0 Å². The van der Waals surface area contributed by atoms with Gasteiger partial charge in [-0.25, -0.2) is 4.98 Å². The van der Waals surface area contributed by atoms with Gasteiger partial charge in [0.2, 0.25) is 5.78 Å². The molecule has 0 aliphatic heterocycles. The Balaban J connectivity index is 2.82. The first-order valence-electron chi connectivity index (χ1n) is 4.08. The molecule has 0 fully saturated rings. The van der Waals surface area contributed by atoms with E-state index in [0.29, 0.717) is 11.0 Å². The Morgan fingerprint density at radius 1 is 1.31 bits per heavy atom. The number of pyridine rings is 1. The van der Waals surface area contributed by atoms with Crippen LogP contribution in [-0.4, -0.2) is 10.8 Å². The number of aromatic nitrogens is 1. The van der Waals surface area contributed by atoms with Crippen LogP contribution in [0.2, 0.25) is 0 Å². The molecular weight excluding hydrogens is 162 g/mol. The second-order valence-electron chi connectivity index (χ2n) is 3.09. The standard InChI is InChI=1S/C11H9NO/c1-7-3-5-9-6-4-8(2)12-10(9)11(7)13/h3-6H,2H2,1H3. The quantitative estimate of drug-likeness (QED) is 0.566. The van der Waals surface area contributed by atoms with Gasteiger partial charge in [-0.15, -0.1) is 0 Å². The van der Waals surface area contributed by atoms with Crippen molar-refractivity contribution in [3.8, 4) is 0 Å². The molecule has 1 aliphatic rings. The van der Waals surface area contributed by atoms with E-state index >= 15 is 0 Å². The molecular formula is C11H9NO. The van der Waals surface area contributed by atoms with Crippen molar-refractivity contribution in [1.82, 2.24) is 4.98 Å². The average Bonchev–Trinajstić information content (AvgIpc) is 2.12. The summed E-state index contributed by atoms with van der Waals surface area (Å²) in [6, 6.07) is 3.67. The molecule has 64 valence electrons. The smallest absolute Gasteiger partial charge is 0.207 e. The molecule has 0 spiro atoms. The van der Waals surface area contributed by atoms with Crippen LogP contribution >= 0.6 is 0 Å². The highest BCUT2D eigenvalue weighted by atomic mass is 16.1. The molecule has 0 aromatic carbocycles. The fourth-order valence-electron chi connectivity index (χ4n) is 1.30. The number of fused-ring (bicyclic) bond motifs is 1. The van der Waals surface area contributed by atoms with Crippen molar-refractivity contribution >= 4 is 18.4 Å². The maximum atomic E-state index is 11.6. The zero-order valence-electron chi connectivity index (χ0n) is 7.37. The molecule has 2 heteroatoms. The Bertz CT molecular complexity index is 511. The molecule has 13 heavy (non-hydrogen) atoms. The van der Waals surface area contributed by atoms with E-state index in [2.05, 4.69) is 11.6 Å². The summed E-state index contributed by atoms with van der Waals surface area (Å²) in [6.45, 7) is 5.48. The molecule has 1 aliphatic carbocycles. The van der Waals surface area contributed by atoms with Gasteiger partial charge in [0.15, 0.2) is 0 Å². The van der Waals surface area contributed by atoms with Crippen molar-refractivity contribution < 1.29 is 4.79 Å². The third-order valence-corrected chi connectivity index (χ3v) is 2.07. The fraction of sp³-hybridized carbons (Fsp3) is 0.0909. The zero-order valence-corrected chi connectivity index (χ0v) is 7.37. The predicted molar refractivity (Wildman–Crippen MR) is 51.6 cm³/mol. The molecule has 0 radical (unpaired) electrons. The number of carbonyl (C=O) groups is 1. The molecule has 0 saturated heterocycles. The summed E-state index contributed by atoms with van der Waals surface area (Å²) in [5.41, 5.74) is 1.25. The van der Waals surface area contributed by atoms with Crippen LogP contribution in [0.4, 0.5) is 0 Å². The first kappa shape index (κ1) is 7.92. The number of carbonyl (C=O) groups excluding carboxylic acids is 1. The number of ketones is 1. The highest BCUT2D eigenvalue weighted by Gasteiger charge is 2.13. The van der Waals surface area contributed by atoms with Crippen LogP contribution in [0.15, 0.2) is 23.8 Å². The Morgan fingerprint density at radius 2 is 2.08 bits per heavy atom. The van der Waals surface area contributed by atoms with E-state index in [9.17, 15) is 4.79 Å². The van der Waals surface area contributed by atoms with Gasteiger partial charge in [-0.2, -0.15) is 0 Å². The number of allylic oxidation sites excluding steroid dienone is 2. The molecule has 1 aromatic heterocycles. The van der Waals surface area contributed by atoms with Crippen LogP contribution in [0.25, 0.3) is 12.7 Å². The summed E-state index contributed by atoms with van der Waals surface area (Å²) < 4.78 is 0. The number of Topliss-reactive ketones (excluding diaryl/α,β-unsaturated/α-hetero) is 1. The second-order valence-corrected chi connectivity index (χ2v) is 3.09. The lowest BCUT2D eigenvalue weighted by atomic mass is 10.0. The molecule has 0 amide bonds. The molecule has 0 bridgehead atoms. The van der Waals surface area contributed by atoms with Crippen molar-refractivity contribution in [1.29, 1.82) is 0 Å². The molecule has 0 saturated carbocycles. The molecule has 2 nitrogen and oxygen atoms in total. The Morgan fingerprint density at radius 3 is 2.85 bits per heavy atom. The van der Waals surface area contributed by atoms with E-state index in [0.717, 1.165) is 10.8 Å². The van der Waals surface area contributed by atoms with E-state index in [1.54, 1.807) is 13.0 Å². The summed E-state index contributed by atoms with van der Waals surface area (Å²) in [4.78, 5) is 15.7. The summed E-state index contributed by atoms with van der Waals surface area (Å²) in [5, 5.41) is 1.51. The second kappa shape index (κ2) is 2.66. The third-order valence-electron chi connectivity index (χ3n) is 2.07. The predicted octanol–water partition coefficient (Wildman–Crippen LogP) is 0.415. The topological polar surface area (TPSA) is 30.0 Å². The maximum Gasteiger partial charge on any atom is 0.207 e. The highest BCUT2D eigenvalue weighted by Crippen LogP contribution is 2.04. The molecule has 0 atom stereocenters. The van der Waals surface area contributed by atoms with Crippen LogP contribution in [-0.2, 0) is 0 Å². The van der Waals surface area contributed by atoms with E-state index in [-0.39, 0.29) is 5.78 Å². The van der Waals surface area contributed by atoms with Gasteiger partial charge in [-0.1, -0.05) is 24.8 Å². The van der Waals surface area contributed by atoms with E-state index in [1.807, 2.05) is 18.2 Å². The van der Waals surface area contributed by atoms with Crippen molar-refractivity contribution in [2.45, 2.75) is 6.92 Å². The molecule has 1 aromatic rings. The van der Waals surface area contributed by atoms with Crippen molar-refractivity contribution in [3.05, 3.63) is 40.0 Å². The minimum absolute atomic E-state index is 0.00278. The van der Waals surface area contributed by atoms with E-state index < -0.39 is 0 Å². The Hall–Kier alpha value is -1.70. The number of rotatable bonds is 0. The van der Waals surface area contributed by atoms with Gasteiger partial charge in [-0.3, -0.25) is 4.79 Å². The highest BCUT2D eigenvalue weighted by molar-refractivity contribution is 6.09. The summed E-state index contributed by atoms with van der Waals surface area (Å²) in [7, 11) is 0. The van der Waals surface area contributed by atoms with E-state index in [1.165, 1.54) is 0 Å². The molecule has 0 N–H and O–H groups in total. The number of hydrogen-bond donors (Lipinski definition) is 0. The van der Waals surface area contributed by atoms with Crippen molar-refractivity contribution in [3.63, 3.8) is 0 Å². The molecule has 0 unspecified atom stereocenters. The lowest BCUT2D eigenvalue weighted by Gasteiger charge is -2.04. The number of nitrogens with zero attached hydrogens (tertiary/aromatic N) is 1. The maximum absolute atomic E-state index is 11.6. The fourth-order valence-corrected chi connectivity index (χ4v) is 1.30. The van der Waals surface area contributed by atoms with Gasteiger partial charge < -0.3 is 0 Å². The van der Waals surface area contributed by atoms with Gasteiger partial charge >= 0.3 is 0 Å². The first-order chi connectivity index (χ1) is 6.18. The van der Waals surface area contributed by atoms with Gasteiger partial charge in [0.05, 0.1) is 5.35 Å². The van der Waals surface area contributed by atoms with E-state index in [4.69, 9.17) is 0 Å². The number of hydrogen-bond acceptors (Lipinski definition) is 2. The van der Waals surface area contributed by atoms with Gasteiger partial charge in [-0.05, 0) is 18.6 Å². The summed E-state index contributed by atoms with van der Waals surface area (Å²) >= 11 is 0. The Kier molecular flexibility index (Phi) is 1.62. The largest absolute Gasteiger partial charge is 0.287 e. The zero-order chi connectivity index (χ0) is 9.42. The SMILES string of the molecule is C=c1ccc2c(n1)C(=O)C(C)=CC=2. The van der Waals surface area contributed by atoms with Gasteiger partial charge in [0.25, 0.3) is 0 Å². The van der Waals surface area contributed by atoms with Crippen LogP contribution in [0, 0.1) is 0 Å². The van der Waals surface area contributed by atoms with Crippen LogP contribution < -0.4 is 10.6 Å². The monoisotopic (exact) mass is 171 g/mol. The summed E-state index contributed by atoms with van der Waals surface area (Å²) in [5.74, 6) is 0.00278. The van der Waals surface area contributed by atoms with Crippen LogP contribution in [0.3, 0.4) is 0 Å². The normalized spacial score (nSPS) is 14.5. The first-order valence-corrected chi connectivity index (χ1v) is 4.08. The third kappa shape index (κ3) is 1.20. The average molecular weight is 171 g/mol. The van der Waals surface area contributed by atoms with Crippen LogP contribution in [0.1, 0.15) is 17.4 Å². The van der Waals surface area contributed by atoms with Gasteiger partial charge in [0, 0.05) is 5.22 Å². The lowest BCUT2D eigenvalue weighted by Crippen LogP contribution is -2.25. The molecule has 2 rings (SSSR count). The summed E-state index contributed by atoms with van der Waals surface area (Å²) in [6.07, 6.45) is 3.72. The van der Waals surface area contributed by atoms with Gasteiger partial charge in [0.1, 0.15) is 5.69 Å².